The van der Waals surface area contributed by atoms with E-state index in [1.165, 1.54) is 31.2 Å². The first-order valence-electron chi connectivity index (χ1n) is 7.08. The lowest BCUT2D eigenvalue weighted by Gasteiger charge is -2.22. The molecule has 0 fully saturated rings. The third-order valence-corrected chi connectivity index (χ3v) is 3.16. The molecule has 0 unspecified atom stereocenters. The van der Waals surface area contributed by atoms with Gasteiger partial charge in [-0.1, -0.05) is 30.3 Å². The molecule has 2 rings (SSSR count). The second-order valence-corrected chi connectivity index (χ2v) is 4.81. The molecule has 0 aromatic heterocycles. The highest BCUT2D eigenvalue weighted by Gasteiger charge is 2.47. The lowest BCUT2D eigenvalue weighted by Crippen LogP contribution is -2.41. The van der Waals surface area contributed by atoms with E-state index in [1.54, 1.807) is 12.1 Å². The summed E-state index contributed by atoms with van der Waals surface area (Å²) in [6.07, 6.45) is 0. The van der Waals surface area contributed by atoms with Crippen LogP contribution in [0.4, 0.5) is 8.78 Å². The van der Waals surface area contributed by atoms with Gasteiger partial charge in [0.05, 0.1) is 6.61 Å². The van der Waals surface area contributed by atoms with Crippen molar-refractivity contribution in [1.29, 1.82) is 0 Å². The lowest BCUT2D eigenvalue weighted by molar-refractivity contribution is -0.174. The third-order valence-electron chi connectivity index (χ3n) is 3.16. The van der Waals surface area contributed by atoms with Crippen LogP contribution in [0.1, 0.15) is 18.5 Å². The van der Waals surface area contributed by atoms with E-state index in [0.717, 1.165) is 0 Å². The molecule has 0 saturated heterocycles. The van der Waals surface area contributed by atoms with Gasteiger partial charge in [0.2, 0.25) is 0 Å². The number of hydrogen-bond acceptors (Lipinski definition) is 4. The van der Waals surface area contributed by atoms with Crippen molar-refractivity contribution in [3.8, 4) is 11.5 Å². The van der Waals surface area contributed by atoms with Gasteiger partial charge in [-0.15, -0.1) is 12.4 Å². The quantitative estimate of drug-likeness (QED) is 0.791. The van der Waals surface area contributed by atoms with Crippen molar-refractivity contribution in [1.82, 2.24) is 0 Å². The SMILES string of the molecule is CCOC(=O)C(F)(F)[C@H](N)c1ccc(Oc2ccccc2)cc1.Cl. The van der Waals surface area contributed by atoms with Gasteiger partial charge in [-0.25, -0.2) is 4.79 Å². The van der Waals surface area contributed by atoms with Gasteiger partial charge in [-0.3, -0.25) is 0 Å². The number of benzene rings is 2. The predicted octanol–water partition coefficient (Wildman–Crippen LogP) is 4.10. The number of halogens is 3. The minimum absolute atomic E-state index is 0. The van der Waals surface area contributed by atoms with Crippen molar-refractivity contribution in [2.45, 2.75) is 18.9 Å². The van der Waals surface area contributed by atoms with Crippen LogP contribution in [-0.2, 0) is 9.53 Å². The topological polar surface area (TPSA) is 61.5 Å². The van der Waals surface area contributed by atoms with Crippen LogP contribution in [-0.4, -0.2) is 18.5 Å². The number of carbonyl (C=O) groups excluding carboxylic acids is 1. The summed E-state index contributed by atoms with van der Waals surface area (Å²) in [5.41, 5.74) is 5.63. The summed E-state index contributed by atoms with van der Waals surface area (Å²) in [7, 11) is 0. The molecule has 24 heavy (non-hydrogen) atoms. The van der Waals surface area contributed by atoms with Crippen LogP contribution >= 0.6 is 12.4 Å². The molecule has 0 aliphatic rings. The Hall–Kier alpha value is -2.18. The summed E-state index contributed by atoms with van der Waals surface area (Å²) in [5, 5.41) is 0. The van der Waals surface area contributed by atoms with E-state index in [1.807, 2.05) is 18.2 Å². The Labute approximate surface area is 145 Å². The van der Waals surface area contributed by atoms with Crippen LogP contribution < -0.4 is 10.5 Å². The van der Waals surface area contributed by atoms with Gasteiger partial charge >= 0.3 is 11.9 Å². The number of nitrogens with two attached hydrogens (primary N) is 1. The molecule has 0 aliphatic heterocycles. The molecule has 2 aromatic carbocycles. The van der Waals surface area contributed by atoms with Crippen LogP contribution in [0.15, 0.2) is 54.6 Å². The normalized spacial score (nSPS) is 12.0. The summed E-state index contributed by atoms with van der Waals surface area (Å²) in [6.45, 7) is 1.32. The number of esters is 1. The van der Waals surface area contributed by atoms with Crippen molar-refractivity contribution >= 4 is 18.4 Å². The minimum atomic E-state index is -3.79. The van der Waals surface area contributed by atoms with Gasteiger partial charge in [0.15, 0.2) is 0 Å². The molecule has 130 valence electrons. The zero-order valence-corrected chi connectivity index (χ0v) is 13.8. The number of ether oxygens (including phenoxy) is 2. The van der Waals surface area contributed by atoms with E-state index in [9.17, 15) is 13.6 Å². The first-order chi connectivity index (χ1) is 10.9. The molecule has 4 nitrogen and oxygen atoms in total. The van der Waals surface area contributed by atoms with Gasteiger partial charge in [-0.05, 0) is 36.8 Å². The lowest BCUT2D eigenvalue weighted by atomic mass is 10.0. The first kappa shape index (κ1) is 19.9. The Balaban J connectivity index is 0.00000288. The van der Waals surface area contributed by atoms with E-state index in [-0.39, 0.29) is 24.6 Å². The van der Waals surface area contributed by atoms with E-state index in [2.05, 4.69) is 4.74 Å². The standard InChI is InChI=1S/C17H17F2NO3.ClH/c1-2-22-16(21)17(18,19)15(20)12-8-10-14(11-9-12)23-13-6-4-3-5-7-13;/h3-11,15H,2,20H2,1H3;1H/t15-;/m1./s1. The van der Waals surface area contributed by atoms with E-state index >= 15 is 0 Å². The van der Waals surface area contributed by atoms with Crippen LogP contribution in [0, 0.1) is 0 Å². The average Bonchev–Trinajstić information content (AvgIpc) is 2.56. The number of carbonyl (C=O) groups is 1. The summed E-state index contributed by atoms with van der Waals surface area (Å²) in [4.78, 5) is 11.3. The Morgan fingerprint density at radius 3 is 2.17 bits per heavy atom. The van der Waals surface area contributed by atoms with Gasteiger partial charge in [0.25, 0.3) is 0 Å². The Morgan fingerprint density at radius 1 is 1.08 bits per heavy atom. The van der Waals surface area contributed by atoms with E-state index < -0.39 is 17.9 Å². The molecule has 0 amide bonds. The van der Waals surface area contributed by atoms with Crippen molar-refractivity contribution in [3.05, 3.63) is 60.2 Å². The summed E-state index contributed by atoms with van der Waals surface area (Å²) >= 11 is 0. The molecule has 0 saturated carbocycles. The van der Waals surface area contributed by atoms with Crippen molar-refractivity contribution < 1.29 is 23.0 Å². The summed E-state index contributed by atoms with van der Waals surface area (Å²) in [6, 6.07) is 13.1. The smallest absolute Gasteiger partial charge is 0.379 e. The maximum absolute atomic E-state index is 13.9. The van der Waals surface area contributed by atoms with E-state index in [4.69, 9.17) is 10.5 Å². The Morgan fingerprint density at radius 2 is 1.62 bits per heavy atom. The van der Waals surface area contributed by atoms with E-state index in [0.29, 0.717) is 11.5 Å². The Bertz CT molecular complexity index is 651. The molecule has 0 radical (unpaired) electrons. The molecule has 7 heteroatoms. The monoisotopic (exact) mass is 357 g/mol. The van der Waals surface area contributed by atoms with Crippen LogP contribution in [0.3, 0.4) is 0 Å². The zero-order valence-electron chi connectivity index (χ0n) is 12.9. The zero-order chi connectivity index (χ0) is 16.9. The van der Waals surface area contributed by atoms with Gasteiger partial charge in [0, 0.05) is 0 Å². The molecule has 1 atom stereocenters. The third kappa shape index (κ3) is 4.66. The minimum Gasteiger partial charge on any atom is -0.462 e. The second kappa shape index (κ2) is 8.61. The molecular formula is C17H18ClF2NO3. The molecule has 2 aromatic rings. The molecule has 0 bridgehead atoms. The largest absolute Gasteiger partial charge is 0.462 e. The van der Waals surface area contributed by atoms with Crippen LogP contribution in [0.25, 0.3) is 0 Å². The summed E-state index contributed by atoms with van der Waals surface area (Å²) in [5.74, 6) is -4.32. The molecule has 0 heterocycles. The van der Waals surface area contributed by atoms with Gasteiger partial charge in [0.1, 0.15) is 17.5 Å². The second-order valence-electron chi connectivity index (χ2n) is 4.81. The van der Waals surface area contributed by atoms with Gasteiger partial charge < -0.3 is 15.2 Å². The fourth-order valence-electron chi connectivity index (χ4n) is 1.93. The fraction of sp³-hybridized carbons (Fsp3) is 0.235. The van der Waals surface area contributed by atoms with Gasteiger partial charge in [-0.2, -0.15) is 8.78 Å². The predicted molar refractivity (Wildman–Crippen MR) is 88.7 cm³/mol. The maximum Gasteiger partial charge on any atom is 0.379 e. The highest BCUT2D eigenvalue weighted by Crippen LogP contribution is 2.32. The van der Waals surface area contributed by atoms with Crippen molar-refractivity contribution in [2.24, 2.45) is 5.73 Å². The number of para-hydroxylation sites is 1. The summed E-state index contributed by atoms with van der Waals surface area (Å²) < 4.78 is 37.7. The van der Waals surface area contributed by atoms with Crippen molar-refractivity contribution in [3.63, 3.8) is 0 Å². The highest BCUT2D eigenvalue weighted by atomic mass is 35.5. The van der Waals surface area contributed by atoms with Crippen molar-refractivity contribution in [2.75, 3.05) is 6.61 Å². The molecule has 2 N–H and O–H groups in total. The molecule has 0 spiro atoms. The number of alkyl halides is 2. The molecular weight excluding hydrogens is 340 g/mol. The van der Waals surface area contributed by atoms with Crippen LogP contribution in [0.5, 0.6) is 11.5 Å². The maximum atomic E-state index is 13.9. The molecule has 0 aliphatic carbocycles. The number of rotatable bonds is 6. The fourth-order valence-corrected chi connectivity index (χ4v) is 1.93. The Kier molecular flexibility index (Phi) is 7.13. The highest BCUT2D eigenvalue weighted by molar-refractivity contribution is 5.85. The number of hydrogen-bond donors (Lipinski definition) is 1. The van der Waals surface area contributed by atoms with Crippen LogP contribution in [0.2, 0.25) is 0 Å². The first-order valence-corrected chi connectivity index (χ1v) is 7.08. The average molecular weight is 358 g/mol.